The summed E-state index contributed by atoms with van der Waals surface area (Å²) >= 11 is 0.583. The summed E-state index contributed by atoms with van der Waals surface area (Å²) in [7, 11) is -7.42. The van der Waals surface area contributed by atoms with E-state index in [1.807, 2.05) is 0 Å². The van der Waals surface area contributed by atoms with E-state index in [1.54, 1.807) is 0 Å². The minimum absolute atomic E-state index is 0.0641. The van der Waals surface area contributed by atoms with Gasteiger partial charge in [0.15, 0.2) is 19.7 Å². The van der Waals surface area contributed by atoms with Gasteiger partial charge in [0.2, 0.25) is 0 Å². The highest BCUT2D eigenvalue weighted by Crippen LogP contribution is 2.42. The summed E-state index contributed by atoms with van der Waals surface area (Å²) in [5.74, 6) is 0. The van der Waals surface area contributed by atoms with Crippen molar-refractivity contribution in [3.05, 3.63) is 11.6 Å². The monoisotopic (exact) mass is 326 g/mol. The van der Waals surface area contributed by atoms with Gasteiger partial charge in [-0.1, -0.05) is 6.92 Å². The molecule has 0 radical (unpaired) electrons. The number of sulfone groups is 2. The molecular formula is C11H17NO4S3. The van der Waals surface area contributed by atoms with Gasteiger partial charge in [-0.05, 0) is 31.4 Å². The maximum Gasteiger partial charge on any atom is 0.190 e. The van der Waals surface area contributed by atoms with Crippen molar-refractivity contribution in [3.8, 4) is 0 Å². The standard InChI is InChI=1S/C11H17NO4S3/c1-4-12-9-5-7(2)19(15,16)11-8(9)6-10(17-11)18(3,13)14/h6-7,9,12H,4-5H2,1-3H3/t7-,9-/m0/s1/i4D2,6D. The average Bonchev–Trinajstić information content (AvgIpc) is 2.63. The predicted molar refractivity (Wildman–Crippen MR) is 75.1 cm³/mol. The molecule has 8 heteroatoms. The van der Waals surface area contributed by atoms with Gasteiger partial charge in [0, 0.05) is 15.0 Å². The molecule has 2 atom stereocenters. The zero-order valence-corrected chi connectivity index (χ0v) is 13.2. The lowest BCUT2D eigenvalue weighted by atomic mass is 10.1. The van der Waals surface area contributed by atoms with Gasteiger partial charge >= 0.3 is 0 Å². The number of hydrogen-bond acceptors (Lipinski definition) is 6. The molecule has 0 saturated carbocycles. The van der Waals surface area contributed by atoms with E-state index in [0.717, 1.165) is 6.26 Å². The summed E-state index contributed by atoms with van der Waals surface area (Å²) in [4.78, 5) is 0. The van der Waals surface area contributed by atoms with Gasteiger partial charge in [-0.25, -0.2) is 16.8 Å². The Morgan fingerprint density at radius 1 is 1.63 bits per heavy atom. The molecular weight excluding hydrogens is 306 g/mol. The predicted octanol–water partition coefficient (Wildman–Crippen LogP) is 1.37. The third kappa shape index (κ3) is 2.58. The van der Waals surface area contributed by atoms with Crippen LogP contribution in [0.3, 0.4) is 0 Å². The van der Waals surface area contributed by atoms with E-state index in [-0.39, 0.29) is 26.4 Å². The van der Waals surface area contributed by atoms with Crippen LogP contribution in [0.2, 0.25) is 0 Å². The Labute approximate surface area is 122 Å². The Bertz CT molecular complexity index is 808. The summed E-state index contributed by atoms with van der Waals surface area (Å²) in [5, 5.41) is 1.88. The van der Waals surface area contributed by atoms with Gasteiger partial charge in [0.05, 0.1) is 6.62 Å². The largest absolute Gasteiger partial charge is 0.310 e. The molecule has 1 aliphatic rings. The van der Waals surface area contributed by atoms with Crippen LogP contribution in [0.1, 0.15) is 36.0 Å². The van der Waals surface area contributed by atoms with Crippen LogP contribution >= 0.6 is 11.3 Å². The second-order valence-corrected chi connectivity index (χ2v) is 10.3. The molecule has 108 valence electrons. The van der Waals surface area contributed by atoms with Gasteiger partial charge in [0.25, 0.3) is 0 Å². The topological polar surface area (TPSA) is 80.3 Å². The normalized spacial score (nSPS) is 29.1. The summed E-state index contributed by atoms with van der Waals surface area (Å²) in [5.41, 5.74) is 0.0641. The molecule has 0 fully saturated rings. The first-order valence-corrected chi connectivity index (χ1v) is 9.85. The molecule has 1 N–H and O–H groups in total. The van der Waals surface area contributed by atoms with Gasteiger partial charge in [-0.2, -0.15) is 0 Å². The Morgan fingerprint density at radius 3 is 2.79 bits per heavy atom. The van der Waals surface area contributed by atoms with Crippen molar-refractivity contribution >= 4 is 31.0 Å². The van der Waals surface area contributed by atoms with Crippen LogP contribution in [-0.4, -0.2) is 34.8 Å². The molecule has 0 spiro atoms. The third-order valence-electron chi connectivity index (χ3n) is 3.00. The Hall–Kier alpha value is -0.440. The number of fused-ring (bicyclic) bond motifs is 1. The van der Waals surface area contributed by atoms with Crippen LogP contribution in [0, 0.1) is 0 Å². The van der Waals surface area contributed by atoms with E-state index in [0.29, 0.717) is 11.3 Å². The molecule has 2 rings (SSSR count). The van der Waals surface area contributed by atoms with Crippen molar-refractivity contribution < 1.29 is 20.9 Å². The fourth-order valence-corrected chi connectivity index (χ4v) is 6.46. The van der Waals surface area contributed by atoms with Crippen LogP contribution in [-0.2, 0) is 19.7 Å². The highest BCUT2D eigenvalue weighted by atomic mass is 32.3. The number of hydrogen-bond donors (Lipinski definition) is 1. The zero-order chi connectivity index (χ0) is 17.1. The Morgan fingerprint density at radius 2 is 2.26 bits per heavy atom. The van der Waals surface area contributed by atoms with Crippen LogP contribution < -0.4 is 5.32 Å². The molecule has 0 amide bonds. The SMILES string of the molecule is [2H]c1c(S(C)(=O)=O)sc2c1[C@@H](NC([2H])([2H])C)C[C@H](C)S2(=O)=O. The molecule has 0 saturated heterocycles. The second kappa shape index (κ2) is 4.83. The van der Waals surface area contributed by atoms with E-state index in [1.165, 1.54) is 13.8 Å². The summed E-state index contributed by atoms with van der Waals surface area (Å²) in [6, 6.07) is -1.06. The molecule has 2 heterocycles. The van der Waals surface area contributed by atoms with Crippen molar-refractivity contribution in [2.75, 3.05) is 12.8 Å². The molecule has 1 aliphatic heterocycles. The Balaban J connectivity index is 2.73. The van der Waals surface area contributed by atoms with Crippen LogP contribution in [0.5, 0.6) is 0 Å². The lowest BCUT2D eigenvalue weighted by Crippen LogP contribution is -2.33. The maximum absolute atomic E-state index is 12.4. The van der Waals surface area contributed by atoms with Gasteiger partial charge < -0.3 is 5.32 Å². The molecule has 0 bridgehead atoms. The minimum Gasteiger partial charge on any atom is -0.310 e. The van der Waals surface area contributed by atoms with E-state index >= 15 is 0 Å². The Kier molecular flexibility index (Phi) is 2.86. The van der Waals surface area contributed by atoms with Crippen molar-refractivity contribution in [2.45, 2.75) is 40.0 Å². The lowest BCUT2D eigenvalue weighted by molar-refractivity contribution is 0.477. The zero-order valence-electron chi connectivity index (χ0n) is 13.7. The number of thiophene rings is 1. The third-order valence-corrected chi connectivity index (χ3v) is 8.56. The molecule has 1 aromatic heterocycles. The van der Waals surface area contributed by atoms with E-state index < -0.39 is 37.5 Å². The molecule has 19 heavy (non-hydrogen) atoms. The van der Waals surface area contributed by atoms with E-state index in [4.69, 9.17) is 4.11 Å². The summed E-state index contributed by atoms with van der Waals surface area (Å²) < 4.78 is 71.2. The smallest absolute Gasteiger partial charge is 0.190 e. The molecule has 1 aromatic rings. The van der Waals surface area contributed by atoms with Gasteiger partial charge in [0.1, 0.15) is 8.42 Å². The van der Waals surface area contributed by atoms with Crippen LogP contribution in [0.15, 0.2) is 14.5 Å². The van der Waals surface area contributed by atoms with Crippen LogP contribution in [0.4, 0.5) is 0 Å². The first-order valence-electron chi connectivity index (χ1n) is 7.10. The second-order valence-electron chi connectivity index (χ2n) is 4.53. The first-order chi connectivity index (χ1) is 9.75. The summed E-state index contributed by atoms with van der Waals surface area (Å²) in [6.07, 6.45) is 1.02. The molecule has 0 unspecified atom stereocenters. The molecule has 5 nitrogen and oxygen atoms in total. The van der Waals surface area contributed by atoms with Crippen molar-refractivity contribution in [1.82, 2.24) is 5.32 Å². The number of rotatable bonds is 3. The fourth-order valence-electron chi connectivity index (χ4n) is 2.00. The minimum atomic E-state index is -3.72. The van der Waals surface area contributed by atoms with Crippen molar-refractivity contribution in [2.24, 2.45) is 0 Å². The van der Waals surface area contributed by atoms with Crippen molar-refractivity contribution in [3.63, 3.8) is 0 Å². The molecule has 0 aromatic carbocycles. The fraction of sp³-hybridized carbons (Fsp3) is 0.636. The molecule has 0 aliphatic carbocycles. The quantitative estimate of drug-likeness (QED) is 0.907. The highest BCUT2D eigenvalue weighted by Gasteiger charge is 2.38. The van der Waals surface area contributed by atoms with E-state index in [2.05, 4.69) is 5.32 Å². The van der Waals surface area contributed by atoms with E-state index in [9.17, 15) is 16.8 Å². The van der Waals surface area contributed by atoms with Gasteiger partial charge in [-0.3, -0.25) is 0 Å². The van der Waals surface area contributed by atoms with Crippen molar-refractivity contribution in [1.29, 1.82) is 0 Å². The highest BCUT2D eigenvalue weighted by molar-refractivity contribution is 7.96. The lowest BCUT2D eigenvalue weighted by Gasteiger charge is -2.27. The first kappa shape index (κ1) is 11.2. The maximum atomic E-state index is 12.4. The summed E-state index contributed by atoms with van der Waals surface area (Å²) in [6.45, 7) is 1.01. The number of nitrogens with one attached hydrogen (secondary N) is 1. The van der Waals surface area contributed by atoms with Crippen LogP contribution in [0.25, 0.3) is 0 Å². The van der Waals surface area contributed by atoms with Gasteiger partial charge in [-0.15, -0.1) is 11.3 Å². The average molecular weight is 326 g/mol.